The van der Waals surface area contributed by atoms with Gasteiger partial charge in [-0.3, -0.25) is 4.79 Å². The van der Waals surface area contributed by atoms with Crippen LogP contribution in [-0.4, -0.2) is 45.5 Å². The molecule has 0 aliphatic carbocycles. The summed E-state index contributed by atoms with van der Waals surface area (Å²) < 4.78 is 26.2. The zero-order valence-electron chi connectivity index (χ0n) is 13.8. The fourth-order valence-electron chi connectivity index (χ4n) is 2.10. The van der Waals surface area contributed by atoms with Crippen molar-refractivity contribution >= 4 is 33.4 Å². The summed E-state index contributed by atoms with van der Waals surface area (Å²) in [6.45, 7) is -0.224. The third kappa shape index (κ3) is 4.17. The number of likely N-dealkylation sites (N-methyl/N-ethyl adjacent to an activating group) is 2. The van der Waals surface area contributed by atoms with E-state index in [4.69, 9.17) is 0 Å². The predicted octanol–water partition coefficient (Wildman–Crippen LogP) is 2.69. The summed E-state index contributed by atoms with van der Waals surface area (Å²) in [4.78, 5) is 15.0. The second-order valence-corrected chi connectivity index (χ2v) is 8.15. The van der Waals surface area contributed by atoms with Gasteiger partial charge in [-0.15, -0.1) is 11.8 Å². The molecule has 128 valence electrons. The van der Waals surface area contributed by atoms with Crippen molar-refractivity contribution in [3.63, 3.8) is 0 Å². The number of amides is 1. The van der Waals surface area contributed by atoms with Gasteiger partial charge in [-0.2, -0.15) is 4.31 Å². The summed E-state index contributed by atoms with van der Waals surface area (Å²) >= 11 is 1.54. The second-order valence-electron chi connectivity index (χ2n) is 5.22. The first-order valence-electron chi connectivity index (χ1n) is 7.28. The van der Waals surface area contributed by atoms with Gasteiger partial charge in [0.15, 0.2) is 0 Å². The van der Waals surface area contributed by atoms with Gasteiger partial charge in [0.2, 0.25) is 15.9 Å². The van der Waals surface area contributed by atoms with E-state index < -0.39 is 10.0 Å². The molecule has 1 amide bonds. The van der Waals surface area contributed by atoms with Gasteiger partial charge in [0.05, 0.1) is 11.4 Å². The van der Waals surface area contributed by atoms with Crippen molar-refractivity contribution in [2.45, 2.75) is 9.79 Å². The zero-order chi connectivity index (χ0) is 17.7. The molecule has 0 spiro atoms. The summed E-state index contributed by atoms with van der Waals surface area (Å²) in [5, 5.41) is 0. The maximum Gasteiger partial charge on any atom is 0.243 e. The average molecular weight is 364 g/mol. The number of sulfonamides is 1. The Morgan fingerprint density at radius 1 is 1.00 bits per heavy atom. The van der Waals surface area contributed by atoms with Gasteiger partial charge in [-0.05, 0) is 42.7 Å². The van der Waals surface area contributed by atoms with E-state index in [0.717, 1.165) is 14.9 Å². The Morgan fingerprint density at radius 3 is 2.12 bits per heavy atom. The Kier molecular flexibility index (Phi) is 6.04. The van der Waals surface area contributed by atoms with Crippen molar-refractivity contribution in [3.8, 4) is 0 Å². The molecule has 0 bridgehead atoms. The molecule has 0 aromatic heterocycles. The van der Waals surface area contributed by atoms with E-state index in [1.807, 2.05) is 24.5 Å². The number of carbonyl (C=O) groups is 1. The van der Waals surface area contributed by atoms with Gasteiger partial charge in [-0.25, -0.2) is 8.42 Å². The van der Waals surface area contributed by atoms with E-state index in [9.17, 15) is 13.2 Å². The Morgan fingerprint density at radius 2 is 1.58 bits per heavy atom. The number of thioether (sulfide) groups is 1. The van der Waals surface area contributed by atoms with Crippen LogP contribution in [0.1, 0.15) is 0 Å². The summed E-state index contributed by atoms with van der Waals surface area (Å²) in [6.07, 6.45) is 1.92. The number of nitrogens with zero attached hydrogens (tertiary/aromatic N) is 2. The van der Waals surface area contributed by atoms with Crippen molar-refractivity contribution in [3.05, 3.63) is 54.6 Å². The first kappa shape index (κ1) is 18.5. The summed E-state index contributed by atoms with van der Waals surface area (Å²) in [7, 11) is -0.657. The highest BCUT2D eigenvalue weighted by Gasteiger charge is 2.24. The van der Waals surface area contributed by atoms with Crippen LogP contribution >= 0.6 is 11.8 Å². The van der Waals surface area contributed by atoms with Crippen molar-refractivity contribution in [2.75, 3.05) is 31.8 Å². The number of anilines is 1. The average Bonchev–Trinajstić information content (AvgIpc) is 2.61. The summed E-state index contributed by atoms with van der Waals surface area (Å²) in [5.74, 6) is -0.298. The lowest BCUT2D eigenvalue weighted by Crippen LogP contribution is -2.39. The first-order chi connectivity index (χ1) is 11.4. The number of carbonyl (C=O) groups excluding carboxylic acids is 1. The van der Waals surface area contributed by atoms with Crippen LogP contribution in [0.2, 0.25) is 0 Å². The van der Waals surface area contributed by atoms with Gasteiger partial charge in [-0.1, -0.05) is 18.2 Å². The first-order valence-corrected chi connectivity index (χ1v) is 9.94. The van der Waals surface area contributed by atoms with Crippen LogP contribution in [0.15, 0.2) is 64.4 Å². The highest BCUT2D eigenvalue weighted by atomic mass is 32.2. The van der Waals surface area contributed by atoms with E-state index in [2.05, 4.69) is 0 Å². The quantitative estimate of drug-likeness (QED) is 0.740. The van der Waals surface area contributed by atoms with E-state index in [-0.39, 0.29) is 17.3 Å². The molecule has 2 rings (SSSR count). The maximum atomic E-state index is 12.6. The number of para-hydroxylation sites is 1. The van der Waals surface area contributed by atoms with E-state index in [1.54, 1.807) is 43.4 Å². The fraction of sp³-hybridized carbons (Fsp3) is 0.235. The van der Waals surface area contributed by atoms with Crippen molar-refractivity contribution < 1.29 is 13.2 Å². The molecule has 0 unspecified atom stereocenters. The molecule has 0 heterocycles. The van der Waals surface area contributed by atoms with Gasteiger partial charge >= 0.3 is 0 Å². The Hall–Kier alpha value is -1.83. The molecule has 0 aliphatic rings. The van der Waals surface area contributed by atoms with Crippen molar-refractivity contribution in [1.29, 1.82) is 0 Å². The molecule has 0 aliphatic heterocycles. The molecule has 7 heteroatoms. The van der Waals surface area contributed by atoms with Crippen LogP contribution in [0.3, 0.4) is 0 Å². The van der Waals surface area contributed by atoms with Gasteiger partial charge in [0, 0.05) is 24.7 Å². The zero-order valence-corrected chi connectivity index (χ0v) is 15.5. The molecule has 2 aromatic rings. The smallest absolute Gasteiger partial charge is 0.243 e. The van der Waals surface area contributed by atoms with Crippen LogP contribution in [0.4, 0.5) is 5.69 Å². The van der Waals surface area contributed by atoms with Crippen molar-refractivity contribution in [2.24, 2.45) is 0 Å². The molecule has 0 fully saturated rings. The molecule has 24 heavy (non-hydrogen) atoms. The standard InChI is InChI=1S/C17H20N2O3S2/c1-18(13-17(20)19(2)14-7-5-4-6-8-14)24(21,22)16-11-9-15(23-3)10-12-16/h4-12H,13H2,1-3H3. The molecule has 0 atom stereocenters. The SMILES string of the molecule is CSc1ccc(S(=O)(=O)N(C)CC(=O)N(C)c2ccccc2)cc1. The lowest BCUT2D eigenvalue weighted by molar-refractivity contribution is -0.118. The van der Waals surface area contributed by atoms with E-state index in [1.165, 1.54) is 23.7 Å². The maximum absolute atomic E-state index is 12.6. The third-order valence-electron chi connectivity index (χ3n) is 3.64. The lowest BCUT2D eigenvalue weighted by Gasteiger charge is -2.22. The minimum absolute atomic E-state index is 0.179. The van der Waals surface area contributed by atoms with Gasteiger partial charge in [0.1, 0.15) is 0 Å². The lowest BCUT2D eigenvalue weighted by atomic mass is 10.3. The van der Waals surface area contributed by atoms with Crippen LogP contribution in [0.5, 0.6) is 0 Å². The molecule has 0 radical (unpaired) electrons. The van der Waals surface area contributed by atoms with Crippen LogP contribution < -0.4 is 4.90 Å². The second kappa shape index (κ2) is 7.83. The monoisotopic (exact) mass is 364 g/mol. The Labute approximate surface area is 147 Å². The molecule has 0 N–H and O–H groups in total. The number of hydrogen-bond acceptors (Lipinski definition) is 4. The largest absolute Gasteiger partial charge is 0.314 e. The van der Waals surface area contributed by atoms with E-state index in [0.29, 0.717) is 0 Å². The topological polar surface area (TPSA) is 57.7 Å². The highest BCUT2D eigenvalue weighted by molar-refractivity contribution is 7.98. The minimum atomic E-state index is -3.70. The molecule has 5 nitrogen and oxygen atoms in total. The van der Waals surface area contributed by atoms with Crippen LogP contribution in [0.25, 0.3) is 0 Å². The van der Waals surface area contributed by atoms with Crippen LogP contribution in [0, 0.1) is 0 Å². The number of rotatable bonds is 6. The third-order valence-corrected chi connectivity index (χ3v) is 6.20. The van der Waals surface area contributed by atoms with Gasteiger partial charge in [0.25, 0.3) is 0 Å². The molecular formula is C17H20N2O3S2. The Bertz CT molecular complexity index is 790. The summed E-state index contributed by atoms with van der Waals surface area (Å²) in [6, 6.07) is 15.7. The van der Waals surface area contributed by atoms with Crippen molar-refractivity contribution in [1.82, 2.24) is 4.31 Å². The molecule has 0 saturated carbocycles. The minimum Gasteiger partial charge on any atom is -0.314 e. The number of benzene rings is 2. The molecule has 2 aromatic carbocycles. The van der Waals surface area contributed by atoms with E-state index >= 15 is 0 Å². The normalized spacial score (nSPS) is 11.5. The highest BCUT2D eigenvalue weighted by Crippen LogP contribution is 2.20. The Balaban J connectivity index is 2.12. The fourth-order valence-corrected chi connectivity index (χ4v) is 3.63. The molecular weight excluding hydrogens is 344 g/mol. The summed E-state index contributed by atoms with van der Waals surface area (Å²) in [5.41, 5.74) is 0.720. The molecule has 0 saturated heterocycles. The number of hydrogen-bond donors (Lipinski definition) is 0. The van der Waals surface area contributed by atoms with Crippen LogP contribution in [-0.2, 0) is 14.8 Å². The predicted molar refractivity (Wildman–Crippen MR) is 97.9 cm³/mol. The van der Waals surface area contributed by atoms with Gasteiger partial charge < -0.3 is 4.90 Å².